The number of amides is 3. The Kier molecular flexibility index (Phi) is 33.3. The minimum atomic E-state index is -0.467. The quantitative estimate of drug-likeness (QED) is 0.0438. The number of aliphatic hydroxyl groups excluding tert-OH is 1. The Morgan fingerprint density at radius 1 is 0.401 bits per heavy atom. The number of piperazine rings is 1. The summed E-state index contributed by atoms with van der Waals surface area (Å²) in [6.45, 7) is 13.5. The van der Waals surface area contributed by atoms with Crippen LogP contribution in [-0.2, 0) is 33.4 Å². The number of anilines is 5. The zero-order valence-electron chi connectivity index (χ0n) is 75.6. The summed E-state index contributed by atoms with van der Waals surface area (Å²) in [5.74, 6) is 4.46. The van der Waals surface area contributed by atoms with Crippen LogP contribution in [0.3, 0.4) is 0 Å². The number of carbonyl (C=O) groups excluding carboxylic acids is 5. The number of rotatable bonds is 19. The fourth-order valence-corrected chi connectivity index (χ4v) is 18.7. The van der Waals surface area contributed by atoms with Gasteiger partial charge >= 0.3 is 6.15 Å². The molecule has 137 heavy (non-hydrogen) atoms. The van der Waals surface area contributed by atoms with E-state index in [1.54, 1.807) is 37.2 Å². The lowest BCUT2D eigenvalue weighted by Crippen LogP contribution is -2.55. The molecule has 5 aromatic carbocycles. The second-order valence-corrected chi connectivity index (χ2v) is 35.7. The maximum atomic E-state index is 13.4. The fraction of sp³-hybridized carbons (Fsp3) is 0.347. The zero-order chi connectivity index (χ0) is 95.3. The van der Waals surface area contributed by atoms with Crippen LogP contribution < -0.4 is 51.9 Å². The number of aliphatic hydroxyl groups is 1. The summed E-state index contributed by atoms with van der Waals surface area (Å²) in [5, 5.41) is 51.5. The second-order valence-electron chi connectivity index (χ2n) is 33.5. The first-order chi connectivity index (χ1) is 67.0. The third-order valence-corrected chi connectivity index (χ3v) is 26.1. The van der Waals surface area contributed by atoms with Gasteiger partial charge in [-0.05, 0) is 223 Å². The minimum Gasteiger partial charge on any atom is -0.396 e. The number of aromatic nitrogens is 15. The number of morpholine rings is 2. The number of nitrogens with two attached hydrogens (primary N) is 2. The van der Waals surface area contributed by atoms with Gasteiger partial charge in [0.05, 0.1) is 119 Å². The molecule has 10 aromatic heterocycles. The first kappa shape index (κ1) is 97.3. The van der Waals surface area contributed by atoms with E-state index < -0.39 is 6.04 Å². The number of piperidine rings is 3. The molecule has 21 rings (SSSR count). The number of halogens is 5. The van der Waals surface area contributed by atoms with Crippen LogP contribution in [0.5, 0.6) is 0 Å². The van der Waals surface area contributed by atoms with Crippen molar-refractivity contribution >= 4 is 165 Å². The standard InChI is InChI=1S/C22H25ClN6O.C20H23ClN6O.C19H21ClN6O2.C18H19ClN4O2.C18H19ClN4.CO2/c23-16-4-6-17(7-5-16)29-20-15-25-9-8-18(20)21(26-29)28-12-2-1-3-19(28)22(30)27-13-10-24-11-14-27;21-14-4-6-15(7-5-14)27-18-13-23-10-8-16(18)19(25-27)26-12-2-1-3-17(26)20(28)24-11-9-22;20-13-1-3-14(4-2-13)26-16-11-22-7-5-15(16)18(24-26)25-9-10-28-12-17(25)19(27)23-8-6-21;19-13-1-3-14(4-2-13)23-17-11-20-7-5-16(17)18(21-23)22-8-10-25-12-15(22)6-9-24;1-13-4-2-3-11-22(13)18-16-9-10-20-12-17(16)23(21-18)15-7-5-14(19)6-8-15;2-1-3/h4-9,15,19,24H,1-3,10-14H2;4-8,10,13,17H,1-3,9,11-12,22H2,(H,24,28);1-5,7,11,17H,6,8-10,12,21H2,(H,23,27);1-5,7,11,15,24H,6,8-10,12H2;5-10,12-13H,2-4,11H2,1H3;. The first-order valence-corrected chi connectivity index (χ1v) is 47.9. The summed E-state index contributed by atoms with van der Waals surface area (Å²) in [5.41, 5.74) is 20.3. The normalized spacial score (nSPS) is 17.8. The highest BCUT2D eigenvalue weighted by Crippen LogP contribution is 2.39. The van der Waals surface area contributed by atoms with Gasteiger partial charge in [0.1, 0.15) is 18.1 Å². The molecule has 39 heteroatoms. The van der Waals surface area contributed by atoms with E-state index in [4.69, 9.17) is 114 Å². The molecule has 15 aromatic rings. The molecule has 6 aliphatic heterocycles. The van der Waals surface area contributed by atoms with Crippen LogP contribution in [0.4, 0.5) is 29.1 Å². The lowest BCUT2D eigenvalue weighted by molar-refractivity contribution is -0.191. The number of nitrogens with zero attached hydrogens (tertiary/aromatic N) is 21. The van der Waals surface area contributed by atoms with Gasteiger partial charge in [0, 0.05) is 181 Å². The molecule has 5 atom stereocenters. The molecule has 3 amide bonds. The third-order valence-electron chi connectivity index (χ3n) is 24.9. The zero-order valence-corrected chi connectivity index (χ0v) is 79.4. The largest absolute Gasteiger partial charge is 0.396 e. The summed E-state index contributed by atoms with van der Waals surface area (Å²) in [6.07, 6.45) is 28.5. The van der Waals surface area contributed by atoms with Crippen molar-refractivity contribution in [3.05, 3.63) is 239 Å². The van der Waals surface area contributed by atoms with Crippen LogP contribution in [0.15, 0.2) is 214 Å². The smallest absolute Gasteiger partial charge is 0.373 e. The number of carbonyl (C=O) groups is 3. The highest BCUT2D eigenvalue weighted by Gasteiger charge is 2.38. The predicted molar refractivity (Wildman–Crippen MR) is 534 cm³/mol. The lowest BCUT2D eigenvalue weighted by atomic mass is 10.00. The molecule has 6 aliphatic rings. The molecule has 6 fully saturated rings. The molecule has 0 radical (unpaired) electrons. The van der Waals surface area contributed by atoms with E-state index in [0.717, 1.165) is 208 Å². The summed E-state index contributed by atoms with van der Waals surface area (Å²) in [7, 11) is 0. The van der Waals surface area contributed by atoms with Gasteiger partial charge < -0.3 is 71.4 Å². The first-order valence-electron chi connectivity index (χ1n) is 46.0. The van der Waals surface area contributed by atoms with E-state index in [1.165, 1.54) is 19.3 Å². The third kappa shape index (κ3) is 22.7. The Labute approximate surface area is 816 Å². The Balaban J connectivity index is 0.000000123. The molecule has 0 bridgehead atoms. The molecule has 6 saturated heterocycles. The van der Waals surface area contributed by atoms with Crippen LogP contribution in [-0.4, -0.2) is 256 Å². The Morgan fingerprint density at radius 2 is 0.708 bits per heavy atom. The van der Waals surface area contributed by atoms with Crippen molar-refractivity contribution in [2.75, 3.05) is 143 Å². The Bertz CT molecular complexity index is 6440. The molecule has 5 unspecified atom stereocenters. The number of benzene rings is 5. The number of fused-ring (bicyclic) bond motifs is 5. The average Bonchev–Trinajstić information content (AvgIpc) is 1.63. The summed E-state index contributed by atoms with van der Waals surface area (Å²) < 4.78 is 20.6. The Hall–Kier alpha value is -12.8. The van der Waals surface area contributed by atoms with Gasteiger partial charge in [0.25, 0.3) is 0 Å². The van der Waals surface area contributed by atoms with Crippen molar-refractivity contribution in [1.29, 1.82) is 0 Å². The summed E-state index contributed by atoms with van der Waals surface area (Å²) >= 11 is 30.2. The van der Waals surface area contributed by atoms with Crippen LogP contribution in [0.25, 0.3) is 83.0 Å². The van der Waals surface area contributed by atoms with E-state index in [1.807, 2.05) is 204 Å². The van der Waals surface area contributed by atoms with Gasteiger partial charge in [-0.1, -0.05) is 58.0 Å². The number of nitrogens with one attached hydrogen (secondary N) is 3. The van der Waals surface area contributed by atoms with Crippen LogP contribution in [0.2, 0.25) is 25.1 Å². The van der Waals surface area contributed by atoms with Gasteiger partial charge in [0.2, 0.25) is 17.7 Å². The minimum absolute atomic E-state index is 0.00778. The molecular formula is C98H107Cl5N26O8. The van der Waals surface area contributed by atoms with Crippen molar-refractivity contribution in [2.24, 2.45) is 11.5 Å². The van der Waals surface area contributed by atoms with E-state index in [2.05, 4.69) is 73.5 Å². The maximum Gasteiger partial charge on any atom is 0.373 e. The maximum absolute atomic E-state index is 13.4. The molecule has 0 saturated carbocycles. The van der Waals surface area contributed by atoms with E-state index in [9.17, 15) is 19.5 Å². The van der Waals surface area contributed by atoms with Crippen LogP contribution in [0, 0.1) is 0 Å². The molecule has 712 valence electrons. The van der Waals surface area contributed by atoms with Crippen LogP contribution >= 0.6 is 58.0 Å². The summed E-state index contributed by atoms with van der Waals surface area (Å²) in [6, 6.07) is 47.6. The lowest BCUT2D eigenvalue weighted by Gasteiger charge is -2.39. The van der Waals surface area contributed by atoms with Crippen molar-refractivity contribution in [3.63, 3.8) is 0 Å². The highest BCUT2D eigenvalue weighted by molar-refractivity contribution is 6.32. The van der Waals surface area contributed by atoms with E-state index in [-0.39, 0.29) is 48.6 Å². The van der Waals surface area contributed by atoms with Crippen molar-refractivity contribution < 1.29 is 38.6 Å². The molecule has 0 aliphatic carbocycles. The number of ether oxygens (including phenoxy) is 2. The monoisotopic (exact) mass is 1950 g/mol. The van der Waals surface area contributed by atoms with E-state index in [0.29, 0.717) is 91.7 Å². The molecule has 0 spiro atoms. The van der Waals surface area contributed by atoms with E-state index >= 15 is 0 Å². The number of hydrogen-bond donors (Lipinski definition) is 6. The van der Waals surface area contributed by atoms with Gasteiger partial charge in [0.15, 0.2) is 29.1 Å². The summed E-state index contributed by atoms with van der Waals surface area (Å²) in [4.78, 5) is 89.4. The van der Waals surface area contributed by atoms with Crippen molar-refractivity contribution in [1.82, 2.24) is 94.7 Å². The van der Waals surface area contributed by atoms with Gasteiger partial charge in [-0.3, -0.25) is 39.3 Å². The van der Waals surface area contributed by atoms with Crippen LogP contribution in [0.1, 0.15) is 71.1 Å². The molecule has 8 N–H and O–H groups in total. The van der Waals surface area contributed by atoms with Gasteiger partial charge in [-0.25, -0.2) is 23.4 Å². The molecule has 16 heterocycles. The fourth-order valence-electron chi connectivity index (χ4n) is 18.1. The highest BCUT2D eigenvalue weighted by atomic mass is 35.5. The number of pyridine rings is 5. The molecular weight excluding hydrogens is 1850 g/mol. The SMILES string of the molecule is CC1CCCCN1c1nn(-c2ccc(Cl)cc2)c2cnccc12.NCCNC(=O)C1CCCCN1c1nn(-c2ccc(Cl)cc2)c2cnccc12.NCCNC(=O)C1COCCN1c1nn(-c2ccc(Cl)cc2)c2cnccc12.O=C(C1CCCCN1c1nn(-c2ccc(Cl)cc2)c2cnccc12)N1CCNCC1.O=C=O.OCCC1COCCN1c1nn(-c2ccc(Cl)cc2)c2cnccc12. The topological polar surface area (TPSA) is 385 Å². The van der Waals surface area contributed by atoms with Crippen molar-refractivity contribution in [2.45, 2.75) is 101 Å². The number of hydrogen-bond acceptors (Lipinski definition) is 26. The average molecular weight is 1950 g/mol. The second kappa shape index (κ2) is 46.8. The van der Waals surface area contributed by atoms with Gasteiger partial charge in [-0.2, -0.15) is 9.59 Å². The molecule has 34 nitrogen and oxygen atoms in total. The van der Waals surface area contributed by atoms with Gasteiger partial charge in [-0.15, -0.1) is 25.5 Å². The van der Waals surface area contributed by atoms with Crippen molar-refractivity contribution in [3.8, 4) is 28.4 Å². The predicted octanol–water partition coefficient (Wildman–Crippen LogP) is 13.3. The Morgan fingerprint density at radius 3 is 1.07 bits per heavy atom.